The normalized spacial score (nSPS) is 19.7. The van der Waals surface area contributed by atoms with Gasteiger partial charge < -0.3 is 46.2 Å². The maximum atomic E-state index is 16.1. The zero-order valence-corrected chi connectivity index (χ0v) is 24.9. The Labute approximate surface area is 245 Å². The van der Waals surface area contributed by atoms with Crippen molar-refractivity contribution < 1.29 is 41.6 Å². The van der Waals surface area contributed by atoms with E-state index in [-0.39, 0.29) is 13.2 Å². The van der Waals surface area contributed by atoms with Crippen molar-refractivity contribution in [1.29, 1.82) is 0 Å². The number of anilines is 1. The minimum atomic E-state index is -4.09. The molecular formula is C30H38BF2N3O6. The van der Waals surface area contributed by atoms with Gasteiger partial charge in [0.25, 0.3) is 0 Å². The second kappa shape index (κ2) is 12.4. The molecule has 0 radical (unpaired) electrons. The van der Waals surface area contributed by atoms with Crippen LogP contribution >= 0.6 is 0 Å². The molecule has 3 aliphatic heterocycles. The molecule has 42 heavy (non-hydrogen) atoms. The highest BCUT2D eigenvalue weighted by Crippen LogP contribution is 2.45. The third-order valence-corrected chi connectivity index (χ3v) is 7.81. The van der Waals surface area contributed by atoms with Crippen molar-refractivity contribution in [3.63, 3.8) is 0 Å². The van der Waals surface area contributed by atoms with Gasteiger partial charge in [0.15, 0.2) is 5.70 Å². The van der Waals surface area contributed by atoms with Crippen LogP contribution in [0.4, 0.5) is 14.3 Å². The number of hydrogen-bond acceptors (Lipinski definition) is 7. The Morgan fingerprint density at radius 1 is 0.976 bits per heavy atom. The van der Waals surface area contributed by atoms with E-state index in [1.54, 1.807) is 26.0 Å². The summed E-state index contributed by atoms with van der Waals surface area (Å²) in [6, 6.07) is 7.44. The number of methoxy groups -OCH3 is 1. The zero-order chi connectivity index (χ0) is 30.0. The highest BCUT2D eigenvalue weighted by molar-refractivity contribution is 6.58. The Hall–Kier alpha value is -3.48. The number of carbonyl (C=O) groups excluding carboxylic acids is 1. The van der Waals surface area contributed by atoms with E-state index in [2.05, 4.69) is 0 Å². The first-order valence-corrected chi connectivity index (χ1v) is 14.2. The van der Waals surface area contributed by atoms with Crippen molar-refractivity contribution in [3.8, 4) is 5.75 Å². The highest BCUT2D eigenvalue weighted by atomic mass is 19.2. The molecule has 0 atom stereocenters. The fourth-order valence-corrected chi connectivity index (χ4v) is 6.05. The molecule has 0 spiro atoms. The van der Waals surface area contributed by atoms with E-state index in [9.17, 15) is 4.79 Å². The van der Waals surface area contributed by atoms with E-state index in [0.29, 0.717) is 86.0 Å². The smallest absolute Gasteiger partial charge is 0.489 e. The third kappa shape index (κ3) is 5.62. The van der Waals surface area contributed by atoms with Gasteiger partial charge in [-0.15, -0.1) is 0 Å². The van der Waals surface area contributed by atoms with Crippen LogP contribution in [0.15, 0.2) is 41.6 Å². The molecule has 226 valence electrons. The first-order valence-electron chi connectivity index (χ1n) is 14.2. The van der Waals surface area contributed by atoms with Crippen molar-refractivity contribution >= 4 is 29.9 Å². The number of aryl methyl sites for hydroxylation is 2. The molecule has 0 fully saturated rings. The van der Waals surface area contributed by atoms with Gasteiger partial charge in [0.05, 0.1) is 58.0 Å². The summed E-state index contributed by atoms with van der Waals surface area (Å²) >= 11 is 0. The van der Waals surface area contributed by atoms with Crippen molar-refractivity contribution in [2.24, 2.45) is 0 Å². The Morgan fingerprint density at radius 3 is 2.33 bits per heavy atom. The van der Waals surface area contributed by atoms with Crippen LogP contribution < -0.4 is 9.64 Å². The quantitative estimate of drug-likeness (QED) is 0.399. The van der Waals surface area contributed by atoms with Crippen LogP contribution in [-0.2, 0) is 23.7 Å². The van der Waals surface area contributed by atoms with Crippen LogP contribution in [0.1, 0.15) is 36.4 Å². The molecule has 12 heteroatoms. The van der Waals surface area contributed by atoms with Crippen molar-refractivity contribution in [2.45, 2.75) is 27.7 Å². The Kier molecular flexibility index (Phi) is 8.86. The van der Waals surface area contributed by atoms with Crippen molar-refractivity contribution in [1.82, 2.24) is 4.48 Å². The number of benzene rings is 1. The van der Waals surface area contributed by atoms with E-state index in [1.165, 1.54) is 16.1 Å². The molecule has 1 aromatic carbocycles. The number of ether oxygens (including phenoxy) is 5. The lowest BCUT2D eigenvalue weighted by Crippen LogP contribution is -2.51. The summed E-state index contributed by atoms with van der Waals surface area (Å²) in [6.45, 7) is 6.10. The number of fused-ring (bicyclic) bond motifs is 3. The monoisotopic (exact) mass is 585 g/mol. The van der Waals surface area contributed by atoms with E-state index in [4.69, 9.17) is 23.7 Å². The van der Waals surface area contributed by atoms with Gasteiger partial charge in [-0.1, -0.05) is 6.07 Å². The molecule has 9 nitrogen and oxygen atoms in total. The number of aromatic nitrogens is 1. The molecule has 0 bridgehead atoms. The summed E-state index contributed by atoms with van der Waals surface area (Å²) in [7, 11) is 1.34. The number of rotatable bonds is 3. The molecule has 5 rings (SSSR count). The molecule has 0 saturated heterocycles. The van der Waals surface area contributed by atoms with Gasteiger partial charge in [-0.25, -0.2) is 0 Å². The molecule has 0 saturated carbocycles. The largest absolute Gasteiger partial charge is 0.737 e. The fourth-order valence-electron chi connectivity index (χ4n) is 6.05. The molecule has 0 N–H and O–H groups in total. The molecule has 4 heterocycles. The summed E-state index contributed by atoms with van der Waals surface area (Å²) in [5.74, 6) is 0.0926. The Bertz CT molecular complexity index is 1470. The first kappa shape index (κ1) is 30.0. The second-order valence-electron chi connectivity index (χ2n) is 10.7. The van der Waals surface area contributed by atoms with Gasteiger partial charge in [0.1, 0.15) is 24.6 Å². The lowest BCUT2D eigenvalue weighted by Gasteiger charge is -2.34. The number of nitrogens with zero attached hydrogens (tertiary/aromatic N) is 3. The minimum absolute atomic E-state index is 0.0177. The summed E-state index contributed by atoms with van der Waals surface area (Å²) < 4.78 is 62.7. The predicted molar refractivity (Wildman–Crippen MR) is 157 cm³/mol. The predicted octanol–water partition coefficient (Wildman–Crippen LogP) is 3.96. The summed E-state index contributed by atoms with van der Waals surface area (Å²) in [6.07, 6.45) is 1.81. The van der Waals surface area contributed by atoms with Gasteiger partial charge in [0, 0.05) is 30.8 Å². The van der Waals surface area contributed by atoms with Crippen LogP contribution in [0.3, 0.4) is 0 Å². The molecule has 0 amide bonds. The molecule has 2 aromatic rings. The molecule has 0 unspecified atom stereocenters. The van der Waals surface area contributed by atoms with E-state index in [1.807, 2.05) is 36.9 Å². The lowest BCUT2D eigenvalue weighted by atomic mass is 9.83. The number of halogens is 2. The minimum Gasteiger partial charge on any atom is -0.489 e. The molecule has 0 aliphatic carbocycles. The Balaban J connectivity index is 1.65. The van der Waals surface area contributed by atoms with E-state index in [0.717, 1.165) is 16.7 Å². The highest BCUT2D eigenvalue weighted by Gasteiger charge is 2.55. The second-order valence-corrected chi connectivity index (χ2v) is 10.7. The summed E-state index contributed by atoms with van der Waals surface area (Å²) in [5, 5.41) is 0. The SMILES string of the molecule is COC(=O)CN1CCOCCOCCOCCOc2cc(C3=C4C(C)=CC(C)=[N+]4[B-](F)(F)n4c(C)cc(C)c43)ccc21. The molecule has 1 aromatic heterocycles. The van der Waals surface area contributed by atoms with Gasteiger partial charge in [-0.3, -0.25) is 4.79 Å². The van der Waals surface area contributed by atoms with Crippen molar-refractivity contribution in [3.05, 3.63) is 64.1 Å². The lowest BCUT2D eigenvalue weighted by molar-refractivity contribution is -0.363. The van der Waals surface area contributed by atoms with Crippen LogP contribution in [0.25, 0.3) is 5.57 Å². The molecular weight excluding hydrogens is 547 g/mol. The number of hydrogen-bond donors (Lipinski definition) is 0. The average Bonchev–Trinajstić information content (AvgIpc) is 3.42. The number of esters is 1. The molecule has 3 aliphatic rings. The third-order valence-electron chi connectivity index (χ3n) is 7.81. The van der Waals surface area contributed by atoms with Gasteiger partial charge in [0.2, 0.25) is 0 Å². The van der Waals surface area contributed by atoms with Crippen molar-refractivity contribution in [2.75, 3.05) is 71.3 Å². The van der Waals surface area contributed by atoms with Crippen LogP contribution in [-0.4, -0.2) is 94.1 Å². The van der Waals surface area contributed by atoms with E-state index < -0.39 is 12.9 Å². The van der Waals surface area contributed by atoms with Crippen LogP contribution in [0, 0.1) is 13.8 Å². The van der Waals surface area contributed by atoms with E-state index >= 15 is 8.63 Å². The first-order chi connectivity index (χ1) is 20.1. The van der Waals surface area contributed by atoms with Crippen LogP contribution in [0.2, 0.25) is 0 Å². The summed E-state index contributed by atoms with van der Waals surface area (Å²) in [4.78, 5) is 14.2. The maximum absolute atomic E-state index is 16.1. The number of allylic oxidation sites excluding steroid dienone is 2. The van der Waals surface area contributed by atoms with Gasteiger partial charge in [-0.05, 0) is 55.8 Å². The summed E-state index contributed by atoms with van der Waals surface area (Å²) in [5.41, 5.74) is 5.61. The Morgan fingerprint density at radius 2 is 1.64 bits per heavy atom. The van der Waals surface area contributed by atoms with Gasteiger partial charge >= 0.3 is 12.9 Å². The maximum Gasteiger partial charge on any atom is 0.737 e. The zero-order valence-electron chi connectivity index (χ0n) is 24.9. The standard InChI is InChI=1S/C30H38BF2N3O6/c1-20-16-22(3)35-29(20)28(30-21(2)17-23(4)36(30)31(35,32)33)24-6-7-25-26(18-24)42-15-14-41-13-12-40-11-10-39-9-8-34(25)19-27(37)38-5/h6-7,16-18H,8-15,19H2,1-5H3. The average molecular weight is 585 g/mol. The van der Waals surface area contributed by atoms with Crippen LogP contribution in [0.5, 0.6) is 5.75 Å². The topological polar surface area (TPSA) is 74.4 Å². The number of carbonyl (C=O) groups is 1. The fraction of sp³-hybridized carbons (Fsp3) is 0.467. The van der Waals surface area contributed by atoms with Gasteiger partial charge in [-0.2, -0.15) is 0 Å².